The molecule has 0 aromatic rings. The van der Waals surface area contributed by atoms with E-state index in [0.717, 1.165) is 12.3 Å². The van der Waals surface area contributed by atoms with Gasteiger partial charge in [-0.1, -0.05) is 13.8 Å². The molecule has 5 nitrogen and oxygen atoms in total. The van der Waals surface area contributed by atoms with E-state index in [1.54, 1.807) is 5.01 Å². The fraction of sp³-hybridized carbons (Fsp3) is 0.833. The topological polar surface area (TPSA) is 61.9 Å². The summed E-state index contributed by atoms with van der Waals surface area (Å²) in [5.41, 5.74) is 6.55. The van der Waals surface area contributed by atoms with E-state index < -0.39 is 0 Å². The average Bonchev–Trinajstić information content (AvgIpc) is 2.55. The van der Waals surface area contributed by atoms with Gasteiger partial charge in [0.1, 0.15) is 0 Å². The minimum Gasteiger partial charge on any atom is -0.330 e. The Morgan fingerprint density at radius 1 is 1.47 bits per heavy atom. The van der Waals surface area contributed by atoms with Crippen LogP contribution in [-0.2, 0) is 4.79 Å². The lowest BCUT2D eigenvalue weighted by molar-refractivity contribution is -0.132. The molecule has 1 heterocycles. The van der Waals surface area contributed by atoms with E-state index >= 15 is 0 Å². The molecule has 0 aliphatic carbocycles. The largest absolute Gasteiger partial charge is 0.330 e. The zero-order chi connectivity index (χ0) is 13.0. The van der Waals surface area contributed by atoms with Crippen LogP contribution in [0.15, 0.2) is 5.10 Å². The van der Waals surface area contributed by atoms with Crippen LogP contribution in [0.4, 0.5) is 0 Å². The van der Waals surface area contributed by atoms with Gasteiger partial charge in [-0.3, -0.25) is 4.79 Å². The Hall–Kier alpha value is -0.940. The number of nitrogens with zero attached hydrogens (tertiary/aromatic N) is 3. The van der Waals surface area contributed by atoms with E-state index in [2.05, 4.69) is 18.9 Å². The van der Waals surface area contributed by atoms with E-state index in [1.165, 1.54) is 0 Å². The van der Waals surface area contributed by atoms with Crippen molar-refractivity contribution in [3.8, 4) is 0 Å². The van der Waals surface area contributed by atoms with Crippen molar-refractivity contribution in [2.75, 3.05) is 33.7 Å². The Morgan fingerprint density at radius 2 is 2.12 bits per heavy atom. The number of rotatable bonds is 6. The third-order valence-corrected chi connectivity index (χ3v) is 2.95. The van der Waals surface area contributed by atoms with Gasteiger partial charge in [0.25, 0.3) is 5.91 Å². The monoisotopic (exact) mass is 240 g/mol. The summed E-state index contributed by atoms with van der Waals surface area (Å²) in [6.45, 7) is 6.17. The van der Waals surface area contributed by atoms with Gasteiger partial charge in [-0.05, 0) is 33.0 Å². The predicted molar refractivity (Wildman–Crippen MR) is 69.7 cm³/mol. The lowest BCUT2D eigenvalue weighted by Gasteiger charge is -2.16. The molecule has 17 heavy (non-hydrogen) atoms. The van der Waals surface area contributed by atoms with Crippen LogP contribution in [-0.4, -0.2) is 55.3 Å². The summed E-state index contributed by atoms with van der Waals surface area (Å²) in [6, 6.07) is 0. The maximum absolute atomic E-state index is 12.2. The number of nitrogens with two attached hydrogens (primary N) is 1. The SMILES string of the molecule is CC(C)C1=NN(CCN(C)C)C(=O)C1CCN. The van der Waals surface area contributed by atoms with Crippen molar-refractivity contribution in [3.05, 3.63) is 0 Å². The van der Waals surface area contributed by atoms with E-state index in [-0.39, 0.29) is 11.8 Å². The molecule has 1 aliphatic heterocycles. The zero-order valence-electron chi connectivity index (χ0n) is 11.3. The fourth-order valence-corrected chi connectivity index (χ4v) is 1.98. The van der Waals surface area contributed by atoms with Crippen LogP contribution in [0, 0.1) is 11.8 Å². The van der Waals surface area contributed by atoms with Crippen LogP contribution in [0.5, 0.6) is 0 Å². The zero-order valence-corrected chi connectivity index (χ0v) is 11.3. The number of hydrazone groups is 1. The first-order valence-electron chi connectivity index (χ1n) is 6.22. The molecule has 0 saturated carbocycles. The Bertz CT molecular complexity index is 299. The molecule has 1 amide bonds. The highest BCUT2D eigenvalue weighted by molar-refractivity contribution is 6.08. The first-order valence-corrected chi connectivity index (χ1v) is 6.22. The van der Waals surface area contributed by atoms with Crippen LogP contribution in [0.25, 0.3) is 0 Å². The molecule has 0 spiro atoms. The van der Waals surface area contributed by atoms with Gasteiger partial charge < -0.3 is 10.6 Å². The van der Waals surface area contributed by atoms with Gasteiger partial charge in [-0.2, -0.15) is 5.10 Å². The first-order chi connectivity index (χ1) is 7.97. The molecule has 1 atom stereocenters. The number of carbonyl (C=O) groups excluding carboxylic acids is 1. The van der Waals surface area contributed by atoms with E-state index in [4.69, 9.17) is 5.73 Å². The Morgan fingerprint density at radius 3 is 2.59 bits per heavy atom. The smallest absolute Gasteiger partial charge is 0.251 e. The standard InChI is InChI=1S/C12H24N4O/c1-9(2)11-10(5-6-13)12(17)16(14-11)8-7-15(3)4/h9-10H,5-8,13H2,1-4H3. The molecule has 0 radical (unpaired) electrons. The highest BCUT2D eigenvalue weighted by atomic mass is 16.2. The maximum Gasteiger partial charge on any atom is 0.251 e. The Kier molecular flexibility index (Phi) is 5.08. The highest BCUT2D eigenvalue weighted by Gasteiger charge is 2.35. The van der Waals surface area contributed by atoms with Gasteiger partial charge in [0, 0.05) is 6.54 Å². The van der Waals surface area contributed by atoms with Crippen molar-refractivity contribution in [1.82, 2.24) is 9.91 Å². The van der Waals surface area contributed by atoms with E-state index in [0.29, 0.717) is 25.4 Å². The van der Waals surface area contributed by atoms with Crippen molar-refractivity contribution in [2.45, 2.75) is 20.3 Å². The minimum absolute atomic E-state index is 0.0952. The minimum atomic E-state index is -0.0952. The molecule has 0 aromatic carbocycles. The molecular formula is C12H24N4O. The summed E-state index contributed by atoms with van der Waals surface area (Å²) in [7, 11) is 3.98. The average molecular weight is 240 g/mol. The first kappa shape index (κ1) is 14.1. The molecule has 1 unspecified atom stereocenters. The van der Waals surface area contributed by atoms with Crippen LogP contribution in [0.2, 0.25) is 0 Å². The second kappa shape index (κ2) is 6.12. The summed E-state index contributed by atoms with van der Waals surface area (Å²) in [6.07, 6.45) is 0.703. The van der Waals surface area contributed by atoms with Crippen LogP contribution in [0.1, 0.15) is 20.3 Å². The molecule has 2 N–H and O–H groups in total. The fourth-order valence-electron chi connectivity index (χ4n) is 1.98. The quantitative estimate of drug-likeness (QED) is 0.729. The van der Waals surface area contributed by atoms with Crippen molar-refractivity contribution >= 4 is 11.6 Å². The van der Waals surface area contributed by atoms with Crippen LogP contribution >= 0.6 is 0 Å². The summed E-state index contributed by atoms with van der Waals surface area (Å²) in [5.74, 6) is 0.322. The normalized spacial score (nSPS) is 20.6. The molecule has 0 fully saturated rings. The van der Waals surface area contributed by atoms with Crippen LogP contribution < -0.4 is 5.73 Å². The summed E-state index contributed by atoms with van der Waals surface area (Å²) in [5, 5.41) is 6.07. The van der Waals surface area contributed by atoms with Gasteiger partial charge >= 0.3 is 0 Å². The van der Waals surface area contributed by atoms with Crippen molar-refractivity contribution < 1.29 is 4.79 Å². The van der Waals surface area contributed by atoms with Gasteiger partial charge in [0.15, 0.2) is 0 Å². The van der Waals surface area contributed by atoms with E-state index in [1.807, 2.05) is 19.0 Å². The number of amides is 1. The number of hydrogen-bond donors (Lipinski definition) is 1. The number of likely N-dealkylation sites (N-methyl/N-ethyl adjacent to an activating group) is 1. The summed E-state index contributed by atoms with van der Waals surface area (Å²) in [4.78, 5) is 14.2. The lowest BCUT2D eigenvalue weighted by Crippen LogP contribution is -2.34. The summed E-state index contributed by atoms with van der Waals surface area (Å²) >= 11 is 0. The third-order valence-electron chi connectivity index (χ3n) is 2.95. The molecule has 0 aromatic heterocycles. The molecule has 98 valence electrons. The highest BCUT2D eigenvalue weighted by Crippen LogP contribution is 2.23. The third kappa shape index (κ3) is 3.51. The Balaban J connectivity index is 2.71. The van der Waals surface area contributed by atoms with Gasteiger partial charge in [0.05, 0.1) is 18.2 Å². The number of carbonyl (C=O) groups is 1. The molecule has 5 heteroatoms. The van der Waals surface area contributed by atoms with Crippen molar-refractivity contribution in [1.29, 1.82) is 0 Å². The van der Waals surface area contributed by atoms with Crippen LogP contribution in [0.3, 0.4) is 0 Å². The van der Waals surface area contributed by atoms with Gasteiger partial charge in [-0.15, -0.1) is 0 Å². The van der Waals surface area contributed by atoms with Gasteiger partial charge in [-0.25, -0.2) is 5.01 Å². The lowest BCUT2D eigenvalue weighted by atomic mass is 9.92. The maximum atomic E-state index is 12.2. The molecule has 0 bridgehead atoms. The van der Waals surface area contributed by atoms with E-state index in [9.17, 15) is 4.79 Å². The van der Waals surface area contributed by atoms with Crippen molar-refractivity contribution in [3.63, 3.8) is 0 Å². The van der Waals surface area contributed by atoms with Gasteiger partial charge in [0.2, 0.25) is 0 Å². The number of hydrogen-bond acceptors (Lipinski definition) is 4. The molecular weight excluding hydrogens is 216 g/mol. The molecule has 1 aliphatic rings. The predicted octanol–water partition coefficient (Wildman–Crippen LogP) is 0.367. The molecule has 1 rings (SSSR count). The molecule has 0 saturated heterocycles. The summed E-state index contributed by atoms with van der Waals surface area (Å²) < 4.78 is 0. The second-order valence-electron chi connectivity index (χ2n) is 5.07. The van der Waals surface area contributed by atoms with Crippen molar-refractivity contribution in [2.24, 2.45) is 22.7 Å². The Labute approximate surface area is 104 Å². The second-order valence-corrected chi connectivity index (χ2v) is 5.07.